The van der Waals surface area contributed by atoms with Gasteiger partial charge < -0.3 is 4.57 Å². The molecule has 2 aromatic heterocycles. The standard InChI is InChI=1S/C14H23N5/c1-3-5-7-18(8-6-4-2)12-19-11-17-13-9-15-10-16-14(13)19/h9-11H,3-8,12H2,1-2H3. The van der Waals surface area contributed by atoms with Crippen LogP contribution in [0.4, 0.5) is 0 Å². The van der Waals surface area contributed by atoms with Gasteiger partial charge in [0.05, 0.1) is 19.2 Å². The lowest BCUT2D eigenvalue weighted by atomic mass is 10.3. The van der Waals surface area contributed by atoms with Crippen molar-refractivity contribution in [3.8, 4) is 0 Å². The molecule has 0 aliphatic carbocycles. The molecule has 0 bridgehead atoms. The van der Waals surface area contributed by atoms with Gasteiger partial charge >= 0.3 is 0 Å². The van der Waals surface area contributed by atoms with Crippen LogP contribution in [0.5, 0.6) is 0 Å². The molecule has 0 radical (unpaired) electrons. The van der Waals surface area contributed by atoms with Crippen LogP contribution >= 0.6 is 0 Å². The fourth-order valence-electron chi connectivity index (χ4n) is 2.15. The highest BCUT2D eigenvalue weighted by Gasteiger charge is 2.08. The number of aromatic nitrogens is 4. The summed E-state index contributed by atoms with van der Waals surface area (Å²) in [4.78, 5) is 15.1. The van der Waals surface area contributed by atoms with Crippen LogP contribution in [-0.4, -0.2) is 37.5 Å². The third-order valence-electron chi connectivity index (χ3n) is 3.29. The second-order valence-electron chi connectivity index (χ2n) is 4.91. The summed E-state index contributed by atoms with van der Waals surface area (Å²) in [6, 6.07) is 0. The van der Waals surface area contributed by atoms with Gasteiger partial charge in [0.15, 0.2) is 5.65 Å². The lowest BCUT2D eigenvalue weighted by Crippen LogP contribution is -2.28. The molecule has 5 heteroatoms. The summed E-state index contributed by atoms with van der Waals surface area (Å²) in [6.45, 7) is 7.62. The van der Waals surface area contributed by atoms with E-state index in [1.165, 1.54) is 25.7 Å². The number of unbranched alkanes of at least 4 members (excludes halogenated alkanes) is 2. The Hall–Kier alpha value is -1.49. The minimum Gasteiger partial charge on any atom is -0.301 e. The van der Waals surface area contributed by atoms with Gasteiger partial charge in [-0.05, 0) is 25.9 Å². The third-order valence-corrected chi connectivity index (χ3v) is 3.29. The van der Waals surface area contributed by atoms with Crippen LogP contribution in [0.1, 0.15) is 39.5 Å². The van der Waals surface area contributed by atoms with Crippen molar-refractivity contribution in [2.75, 3.05) is 13.1 Å². The first-order valence-corrected chi connectivity index (χ1v) is 7.18. The molecular formula is C14H23N5. The Morgan fingerprint density at radius 1 is 1.11 bits per heavy atom. The first kappa shape index (κ1) is 13.9. The first-order chi connectivity index (χ1) is 9.35. The lowest BCUT2D eigenvalue weighted by Gasteiger charge is -2.22. The zero-order chi connectivity index (χ0) is 13.5. The van der Waals surface area contributed by atoms with Gasteiger partial charge in [-0.15, -0.1) is 0 Å². The highest BCUT2D eigenvalue weighted by Crippen LogP contribution is 2.09. The van der Waals surface area contributed by atoms with Crippen LogP contribution in [0.3, 0.4) is 0 Å². The summed E-state index contributed by atoms with van der Waals surface area (Å²) in [5.74, 6) is 0. The van der Waals surface area contributed by atoms with E-state index in [1.54, 1.807) is 12.5 Å². The molecular weight excluding hydrogens is 238 g/mol. The van der Waals surface area contributed by atoms with Gasteiger partial charge in [0, 0.05) is 0 Å². The van der Waals surface area contributed by atoms with Gasteiger partial charge in [0.2, 0.25) is 0 Å². The Bertz CT molecular complexity index is 485. The van der Waals surface area contributed by atoms with Gasteiger partial charge in [0.1, 0.15) is 11.8 Å². The molecule has 2 aromatic rings. The summed E-state index contributed by atoms with van der Waals surface area (Å²) in [5.41, 5.74) is 1.79. The van der Waals surface area contributed by atoms with Crippen molar-refractivity contribution in [2.45, 2.75) is 46.2 Å². The highest BCUT2D eigenvalue weighted by atomic mass is 15.3. The fourth-order valence-corrected chi connectivity index (χ4v) is 2.15. The molecule has 19 heavy (non-hydrogen) atoms. The summed E-state index contributed by atoms with van der Waals surface area (Å²) in [7, 11) is 0. The topological polar surface area (TPSA) is 46.8 Å². The van der Waals surface area contributed by atoms with Crippen molar-refractivity contribution in [3.63, 3.8) is 0 Å². The molecule has 2 heterocycles. The Labute approximate surface area is 114 Å². The number of hydrogen-bond acceptors (Lipinski definition) is 4. The van der Waals surface area contributed by atoms with Crippen molar-refractivity contribution in [1.82, 2.24) is 24.4 Å². The SMILES string of the molecule is CCCCN(CCCC)Cn1cnc2cncnc21. The van der Waals surface area contributed by atoms with Crippen LogP contribution in [0, 0.1) is 0 Å². The fraction of sp³-hybridized carbons (Fsp3) is 0.643. The van der Waals surface area contributed by atoms with Gasteiger partial charge in [-0.3, -0.25) is 4.90 Å². The van der Waals surface area contributed by atoms with Crippen molar-refractivity contribution >= 4 is 11.2 Å². The summed E-state index contributed by atoms with van der Waals surface area (Å²) >= 11 is 0. The van der Waals surface area contributed by atoms with Gasteiger partial charge in [-0.25, -0.2) is 15.0 Å². The minimum atomic E-state index is 0.869. The Morgan fingerprint density at radius 2 is 1.84 bits per heavy atom. The van der Waals surface area contributed by atoms with Crippen molar-refractivity contribution in [1.29, 1.82) is 0 Å². The van der Waals surface area contributed by atoms with E-state index in [-0.39, 0.29) is 0 Å². The summed E-state index contributed by atoms with van der Waals surface area (Å²) in [5, 5.41) is 0. The maximum absolute atomic E-state index is 4.34. The second-order valence-corrected chi connectivity index (χ2v) is 4.91. The molecule has 0 amide bonds. The smallest absolute Gasteiger partial charge is 0.164 e. The van der Waals surface area contributed by atoms with Crippen molar-refractivity contribution in [2.24, 2.45) is 0 Å². The van der Waals surface area contributed by atoms with Crippen LogP contribution < -0.4 is 0 Å². The van der Waals surface area contributed by atoms with Crippen LogP contribution in [0.15, 0.2) is 18.9 Å². The lowest BCUT2D eigenvalue weighted by molar-refractivity contribution is 0.214. The summed E-state index contributed by atoms with van der Waals surface area (Å²) < 4.78 is 2.11. The molecule has 0 saturated heterocycles. The Balaban J connectivity index is 2.06. The molecule has 0 aliphatic rings. The quantitative estimate of drug-likeness (QED) is 0.733. The predicted octanol–water partition coefficient (Wildman–Crippen LogP) is 2.69. The van der Waals surface area contributed by atoms with E-state index < -0.39 is 0 Å². The number of hydrogen-bond donors (Lipinski definition) is 0. The number of imidazole rings is 1. The van der Waals surface area contributed by atoms with Crippen LogP contribution in [-0.2, 0) is 6.67 Å². The van der Waals surface area contributed by atoms with Gasteiger partial charge in [0.25, 0.3) is 0 Å². The molecule has 2 rings (SSSR count). The molecule has 0 aliphatic heterocycles. The third kappa shape index (κ3) is 3.73. The maximum Gasteiger partial charge on any atom is 0.164 e. The van der Waals surface area contributed by atoms with E-state index >= 15 is 0 Å². The van der Waals surface area contributed by atoms with E-state index in [2.05, 4.69) is 38.3 Å². The Morgan fingerprint density at radius 3 is 2.53 bits per heavy atom. The van der Waals surface area contributed by atoms with Crippen molar-refractivity contribution < 1.29 is 0 Å². The van der Waals surface area contributed by atoms with E-state index in [9.17, 15) is 0 Å². The first-order valence-electron chi connectivity index (χ1n) is 7.18. The monoisotopic (exact) mass is 261 g/mol. The van der Waals surface area contributed by atoms with Crippen LogP contribution in [0.2, 0.25) is 0 Å². The Kier molecular flexibility index (Phi) is 5.27. The largest absolute Gasteiger partial charge is 0.301 e. The molecule has 0 atom stereocenters. The summed E-state index contributed by atoms with van der Waals surface area (Å²) in [6.07, 6.45) is 10.2. The van der Waals surface area contributed by atoms with Crippen molar-refractivity contribution in [3.05, 3.63) is 18.9 Å². The average Bonchev–Trinajstić information content (AvgIpc) is 2.85. The highest BCUT2D eigenvalue weighted by molar-refractivity contribution is 5.68. The number of fused-ring (bicyclic) bond motifs is 1. The minimum absolute atomic E-state index is 0.869. The van der Waals surface area contributed by atoms with E-state index in [0.717, 1.165) is 30.9 Å². The van der Waals surface area contributed by atoms with E-state index in [1.807, 2.05) is 6.33 Å². The zero-order valence-electron chi connectivity index (χ0n) is 11.9. The average molecular weight is 261 g/mol. The molecule has 0 unspecified atom stereocenters. The van der Waals surface area contributed by atoms with Crippen LogP contribution in [0.25, 0.3) is 11.2 Å². The molecule has 104 valence electrons. The van der Waals surface area contributed by atoms with E-state index in [4.69, 9.17) is 0 Å². The van der Waals surface area contributed by atoms with Gasteiger partial charge in [-0.2, -0.15) is 0 Å². The van der Waals surface area contributed by atoms with E-state index in [0.29, 0.717) is 0 Å². The maximum atomic E-state index is 4.34. The molecule has 5 nitrogen and oxygen atoms in total. The second kappa shape index (κ2) is 7.19. The molecule has 0 N–H and O–H groups in total. The molecule has 0 aromatic carbocycles. The molecule has 0 spiro atoms. The predicted molar refractivity (Wildman–Crippen MR) is 76.7 cm³/mol. The number of rotatable bonds is 8. The normalized spacial score (nSPS) is 11.5. The molecule has 0 fully saturated rings. The van der Waals surface area contributed by atoms with Gasteiger partial charge in [-0.1, -0.05) is 26.7 Å². The molecule has 0 saturated carbocycles. The zero-order valence-corrected chi connectivity index (χ0v) is 11.9. The number of nitrogens with zero attached hydrogens (tertiary/aromatic N) is 5.